The predicted molar refractivity (Wildman–Crippen MR) is 46.2 cm³/mol. The van der Waals surface area contributed by atoms with Gasteiger partial charge in [-0.05, 0) is 6.42 Å². The average molecular weight is 219 g/mol. The van der Waals surface area contributed by atoms with Crippen molar-refractivity contribution in [3.63, 3.8) is 0 Å². The van der Waals surface area contributed by atoms with E-state index in [1.807, 2.05) is 6.92 Å². The molecule has 5 heteroatoms. The summed E-state index contributed by atoms with van der Waals surface area (Å²) in [5, 5.41) is 0. The zero-order valence-corrected chi connectivity index (χ0v) is 8.34. The Morgan fingerprint density at radius 3 is 2.36 bits per heavy atom. The molecule has 0 bridgehead atoms. The molecule has 0 rings (SSSR count). The van der Waals surface area contributed by atoms with Crippen molar-refractivity contribution in [1.82, 2.24) is 0 Å². The molecule has 0 amide bonds. The number of esters is 1. The minimum Gasteiger partial charge on any atom is -0.466 e. The highest BCUT2D eigenvalue weighted by Crippen LogP contribution is 2.30. The van der Waals surface area contributed by atoms with Gasteiger partial charge in [0.1, 0.15) is 0 Å². The summed E-state index contributed by atoms with van der Waals surface area (Å²) in [6.45, 7) is 2.27. The summed E-state index contributed by atoms with van der Waals surface area (Å²) in [6, 6.07) is 0. The first-order chi connectivity index (χ1) is 4.95. The molecular weight excluding hydrogens is 210 g/mol. The molecule has 0 spiro atoms. The van der Waals surface area contributed by atoms with Crippen molar-refractivity contribution in [3.8, 4) is 0 Å². The van der Waals surface area contributed by atoms with Crippen molar-refractivity contribution in [1.29, 1.82) is 0 Å². The molecule has 0 aromatic rings. The molecule has 0 saturated heterocycles. The van der Waals surface area contributed by atoms with E-state index < -0.39 is 9.76 Å². The fourth-order valence-electron chi connectivity index (χ4n) is 0.431. The Kier molecular flexibility index (Phi) is 5.23. The number of hydrogen-bond donors (Lipinski definition) is 0. The predicted octanol–water partition coefficient (Wildman–Crippen LogP) is 2.70. The normalized spacial score (nSPS) is 11.3. The van der Waals surface area contributed by atoms with Crippen molar-refractivity contribution in [3.05, 3.63) is 0 Å². The van der Waals surface area contributed by atoms with Gasteiger partial charge in [-0.15, -0.1) is 0 Å². The van der Waals surface area contributed by atoms with Gasteiger partial charge in [0.05, 0.1) is 13.0 Å². The molecule has 0 atom stereocenters. The smallest absolute Gasteiger partial charge is 0.310 e. The molecule has 66 valence electrons. The van der Waals surface area contributed by atoms with Crippen molar-refractivity contribution in [2.24, 2.45) is 0 Å². The fraction of sp³-hybridized carbons (Fsp3) is 0.833. The monoisotopic (exact) mass is 218 g/mol. The molecule has 0 N–H and O–H groups in total. The van der Waals surface area contributed by atoms with Crippen LogP contribution in [0.4, 0.5) is 0 Å². The number of rotatable bonds is 3. The van der Waals surface area contributed by atoms with Gasteiger partial charge in [-0.1, -0.05) is 41.7 Å². The summed E-state index contributed by atoms with van der Waals surface area (Å²) in [4.78, 5) is 10.7. The van der Waals surface area contributed by atoms with Gasteiger partial charge in [0.2, 0.25) is 3.79 Å². The molecule has 0 unspecified atom stereocenters. The zero-order chi connectivity index (χ0) is 8.91. The lowest BCUT2D eigenvalue weighted by Gasteiger charge is -2.09. The van der Waals surface area contributed by atoms with E-state index in [1.165, 1.54) is 0 Å². The van der Waals surface area contributed by atoms with E-state index >= 15 is 0 Å². The highest BCUT2D eigenvalue weighted by Gasteiger charge is 2.24. The lowest BCUT2D eigenvalue weighted by atomic mass is 10.5. The number of carbonyl (C=O) groups excluding carboxylic acids is 1. The van der Waals surface area contributed by atoms with Crippen LogP contribution in [0.25, 0.3) is 0 Å². The maximum Gasteiger partial charge on any atom is 0.310 e. The molecule has 0 aromatic carbocycles. The van der Waals surface area contributed by atoms with Crippen LogP contribution >= 0.6 is 34.8 Å². The molecule has 0 aromatic heterocycles. The molecule has 0 radical (unpaired) electrons. The quantitative estimate of drug-likeness (QED) is 0.539. The number of carbonyl (C=O) groups is 1. The molecule has 0 aliphatic rings. The van der Waals surface area contributed by atoms with Gasteiger partial charge in [0.15, 0.2) is 0 Å². The third-order valence-electron chi connectivity index (χ3n) is 0.812. The van der Waals surface area contributed by atoms with Gasteiger partial charge in [-0.25, -0.2) is 0 Å². The minimum atomic E-state index is -1.54. The number of ether oxygens (including phenoxy) is 1. The first-order valence-electron chi connectivity index (χ1n) is 3.18. The van der Waals surface area contributed by atoms with Crippen LogP contribution < -0.4 is 0 Å². The number of halogens is 3. The SMILES string of the molecule is CCCOC(=O)CC(Cl)(Cl)Cl. The second kappa shape index (κ2) is 5.07. The molecule has 0 fully saturated rings. The second-order valence-corrected chi connectivity index (χ2v) is 4.53. The van der Waals surface area contributed by atoms with E-state index in [2.05, 4.69) is 4.74 Å². The maximum atomic E-state index is 10.7. The summed E-state index contributed by atoms with van der Waals surface area (Å²) < 4.78 is 3.14. The Morgan fingerprint density at radius 2 is 2.00 bits per heavy atom. The highest BCUT2D eigenvalue weighted by molar-refractivity contribution is 6.68. The van der Waals surface area contributed by atoms with E-state index in [4.69, 9.17) is 34.8 Å². The van der Waals surface area contributed by atoms with Crippen molar-refractivity contribution in [2.45, 2.75) is 23.6 Å². The van der Waals surface area contributed by atoms with Gasteiger partial charge in [0, 0.05) is 0 Å². The van der Waals surface area contributed by atoms with Gasteiger partial charge in [-0.2, -0.15) is 0 Å². The van der Waals surface area contributed by atoms with Crippen LogP contribution in [0.3, 0.4) is 0 Å². The van der Waals surface area contributed by atoms with E-state index in [0.717, 1.165) is 6.42 Å². The first kappa shape index (κ1) is 11.3. The maximum absolute atomic E-state index is 10.7. The lowest BCUT2D eigenvalue weighted by Crippen LogP contribution is -2.14. The van der Waals surface area contributed by atoms with Crippen LogP contribution in [-0.4, -0.2) is 16.4 Å². The average Bonchev–Trinajstić information content (AvgIpc) is 1.79. The molecule has 0 aliphatic heterocycles. The van der Waals surface area contributed by atoms with Gasteiger partial charge < -0.3 is 4.74 Å². The van der Waals surface area contributed by atoms with Crippen LogP contribution in [0.2, 0.25) is 0 Å². The molecule has 0 aliphatic carbocycles. The van der Waals surface area contributed by atoms with Crippen molar-refractivity contribution >= 4 is 40.8 Å². The molecule has 0 heterocycles. The second-order valence-electron chi connectivity index (χ2n) is 2.01. The highest BCUT2D eigenvalue weighted by atomic mass is 35.6. The van der Waals surface area contributed by atoms with Gasteiger partial charge in [0.25, 0.3) is 0 Å². The number of hydrogen-bond acceptors (Lipinski definition) is 2. The van der Waals surface area contributed by atoms with Crippen LogP contribution in [0, 0.1) is 0 Å². The van der Waals surface area contributed by atoms with E-state index in [0.29, 0.717) is 6.61 Å². The third kappa shape index (κ3) is 8.24. The molecule has 11 heavy (non-hydrogen) atoms. The number of alkyl halides is 3. The zero-order valence-electron chi connectivity index (χ0n) is 6.07. The van der Waals surface area contributed by atoms with Gasteiger partial charge in [-0.3, -0.25) is 4.79 Å². The summed E-state index contributed by atoms with van der Waals surface area (Å²) >= 11 is 16.0. The van der Waals surface area contributed by atoms with Gasteiger partial charge >= 0.3 is 5.97 Å². The van der Waals surface area contributed by atoms with Crippen LogP contribution in [0.1, 0.15) is 19.8 Å². The summed E-state index contributed by atoms with van der Waals surface area (Å²) in [5.41, 5.74) is 0. The fourth-order valence-corrected chi connectivity index (χ4v) is 0.758. The standard InChI is InChI=1S/C6H9Cl3O2/c1-2-3-11-5(10)4-6(7,8)9/h2-4H2,1H3. The Morgan fingerprint density at radius 1 is 1.45 bits per heavy atom. The Labute approximate surface area is 80.7 Å². The first-order valence-corrected chi connectivity index (χ1v) is 4.31. The minimum absolute atomic E-state index is 0.197. The Bertz CT molecular complexity index is 130. The third-order valence-corrected chi connectivity index (χ3v) is 1.21. The summed E-state index contributed by atoms with van der Waals surface area (Å²) in [5.74, 6) is -0.480. The molecule has 0 saturated carbocycles. The Balaban J connectivity index is 3.53. The van der Waals surface area contributed by atoms with Crippen LogP contribution in [0.15, 0.2) is 0 Å². The van der Waals surface area contributed by atoms with E-state index in [-0.39, 0.29) is 6.42 Å². The molecule has 2 nitrogen and oxygen atoms in total. The summed E-state index contributed by atoms with van der Waals surface area (Å²) in [6.07, 6.45) is 0.573. The van der Waals surface area contributed by atoms with Crippen molar-refractivity contribution < 1.29 is 9.53 Å². The van der Waals surface area contributed by atoms with Crippen molar-refractivity contribution in [2.75, 3.05) is 6.61 Å². The van der Waals surface area contributed by atoms with Crippen LogP contribution in [-0.2, 0) is 9.53 Å². The van der Waals surface area contributed by atoms with Crippen LogP contribution in [0.5, 0.6) is 0 Å². The topological polar surface area (TPSA) is 26.3 Å². The lowest BCUT2D eigenvalue weighted by molar-refractivity contribution is -0.143. The van der Waals surface area contributed by atoms with E-state index in [1.54, 1.807) is 0 Å². The largest absolute Gasteiger partial charge is 0.466 e. The molecular formula is C6H9Cl3O2. The Hall–Kier alpha value is 0.340. The van der Waals surface area contributed by atoms with E-state index in [9.17, 15) is 4.79 Å². The summed E-state index contributed by atoms with van der Waals surface area (Å²) in [7, 11) is 0.